The van der Waals surface area contributed by atoms with Crippen LogP contribution in [-0.4, -0.2) is 66.1 Å². The molecule has 0 saturated carbocycles. The monoisotopic (exact) mass is 327 g/mol. The van der Waals surface area contributed by atoms with E-state index in [0.717, 1.165) is 44.7 Å². The number of morpholine rings is 1. The number of hydrogen-bond acceptors (Lipinski definition) is 4. The number of carbonyl (C=O) groups excluding carboxylic acids is 1. The summed E-state index contributed by atoms with van der Waals surface area (Å²) in [7, 11) is 0. The fraction of sp³-hybridized carbons (Fsp3) is 0.444. The maximum Gasteiger partial charge on any atom is 0.270 e. The highest BCUT2D eigenvalue weighted by molar-refractivity contribution is 5.96. The minimum absolute atomic E-state index is 0.0892. The van der Waals surface area contributed by atoms with Gasteiger partial charge >= 0.3 is 0 Å². The summed E-state index contributed by atoms with van der Waals surface area (Å²) in [6, 6.07) is 9.51. The number of hydrogen-bond donors (Lipinski definition) is 1. The standard InChI is InChI=1S/C18H21N3O3/c22-17-15-4-2-1-3-13(15)11-16(19-17)18(23)21-6-5-14(12-21)20-7-9-24-10-8-20/h1-4,11,14H,5-10,12H2,(H,19,22). The van der Waals surface area contributed by atoms with Crippen LogP contribution in [0.1, 0.15) is 16.9 Å². The molecule has 6 heteroatoms. The number of fused-ring (bicyclic) bond motifs is 1. The molecule has 2 aliphatic rings. The first-order chi connectivity index (χ1) is 11.7. The first-order valence-electron chi connectivity index (χ1n) is 8.45. The Bertz CT molecular complexity index is 811. The minimum atomic E-state index is -0.208. The average molecular weight is 327 g/mol. The first kappa shape index (κ1) is 15.4. The Hall–Kier alpha value is -2.18. The van der Waals surface area contributed by atoms with Gasteiger partial charge < -0.3 is 14.6 Å². The molecule has 0 radical (unpaired) electrons. The second kappa shape index (κ2) is 6.37. The van der Waals surface area contributed by atoms with E-state index >= 15 is 0 Å². The molecule has 2 saturated heterocycles. The topological polar surface area (TPSA) is 65.6 Å². The molecule has 1 aromatic carbocycles. The highest BCUT2D eigenvalue weighted by atomic mass is 16.5. The second-order valence-electron chi connectivity index (χ2n) is 6.44. The predicted molar refractivity (Wildman–Crippen MR) is 91.3 cm³/mol. The molecule has 2 aliphatic heterocycles. The Kier molecular flexibility index (Phi) is 4.08. The normalized spacial score (nSPS) is 22.2. The third kappa shape index (κ3) is 2.83. The number of nitrogens with one attached hydrogen (secondary N) is 1. The van der Waals surface area contributed by atoms with Crippen LogP contribution in [0.3, 0.4) is 0 Å². The first-order valence-corrected chi connectivity index (χ1v) is 8.45. The highest BCUT2D eigenvalue weighted by Gasteiger charge is 2.31. The van der Waals surface area contributed by atoms with Gasteiger partial charge in [-0.05, 0) is 23.9 Å². The van der Waals surface area contributed by atoms with Gasteiger partial charge in [-0.1, -0.05) is 18.2 Å². The van der Waals surface area contributed by atoms with Crippen LogP contribution in [0.15, 0.2) is 35.1 Å². The Morgan fingerprint density at radius 2 is 1.96 bits per heavy atom. The third-order valence-electron chi connectivity index (χ3n) is 5.00. The highest BCUT2D eigenvalue weighted by Crippen LogP contribution is 2.19. The van der Waals surface area contributed by atoms with Gasteiger partial charge in [0.05, 0.1) is 13.2 Å². The van der Waals surface area contributed by atoms with Crippen LogP contribution in [0, 0.1) is 0 Å². The van der Waals surface area contributed by atoms with E-state index in [0.29, 0.717) is 23.7 Å². The van der Waals surface area contributed by atoms with E-state index in [1.807, 2.05) is 23.1 Å². The molecule has 2 fully saturated rings. The molecule has 4 rings (SSSR count). The van der Waals surface area contributed by atoms with Crippen molar-refractivity contribution in [2.24, 2.45) is 0 Å². The van der Waals surface area contributed by atoms with Crippen LogP contribution >= 0.6 is 0 Å². The van der Waals surface area contributed by atoms with Gasteiger partial charge in [0.1, 0.15) is 5.69 Å². The average Bonchev–Trinajstić information content (AvgIpc) is 3.12. The Morgan fingerprint density at radius 3 is 2.79 bits per heavy atom. The van der Waals surface area contributed by atoms with Crippen molar-refractivity contribution < 1.29 is 9.53 Å². The lowest BCUT2D eigenvalue weighted by Gasteiger charge is -2.32. The summed E-state index contributed by atoms with van der Waals surface area (Å²) < 4.78 is 5.40. The minimum Gasteiger partial charge on any atom is -0.379 e. The smallest absolute Gasteiger partial charge is 0.270 e. The van der Waals surface area contributed by atoms with Crippen LogP contribution in [0.4, 0.5) is 0 Å². The number of aromatic amines is 1. The SMILES string of the molecule is O=C(c1cc2ccccc2c(=O)[nH]1)N1CCC(N2CCOCC2)C1. The van der Waals surface area contributed by atoms with E-state index in [1.54, 1.807) is 12.1 Å². The van der Waals surface area contributed by atoms with E-state index in [9.17, 15) is 9.59 Å². The molecular formula is C18H21N3O3. The molecule has 126 valence electrons. The number of amides is 1. The molecule has 0 bridgehead atoms. The lowest BCUT2D eigenvalue weighted by molar-refractivity contribution is 0.0185. The van der Waals surface area contributed by atoms with Gasteiger partial charge in [0.15, 0.2) is 0 Å². The number of rotatable bonds is 2. The van der Waals surface area contributed by atoms with E-state index < -0.39 is 0 Å². The van der Waals surface area contributed by atoms with Gasteiger partial charge in [0.2, 0.25) is 0 Å². The van der Waals surface area contributed by atoms with Crippen molar-refractivity contribution in [3.05, 3.63) is 46.4 Å². The molecule has 0 spiro atoms. The van der Waals surface area contributed by atoms with Gasteiger partial charge in [-0.3, -0.25) is 14.5 Å². The Labute approximate surface area is 140 Å². The molecule has 3 heterocycles. The molecular weight excluding hydrogens is 306 g/mol. The zero-order valence-electron chi connectivity index (χ0n) is 13.5. The van der Waals surface area contributed by atoms with Crippen molar-refractivity contribution in [2.75, 3.05) is 39.4 Å². The Balaban J connectivity index is 1.53. The van der Waals surface area contributed by atoms with Crippen molar-refractivity contribution in [1.82, 2.24) is 14.8 Å². The van der Waals surface area contributed by atoms with Crippen molar-refractivity contribution >= 4 is 16.7 Å². The fourth-order valence-corrected chi connectivity index (χ4v) is 3.66. The number of benzene rings is 1. The molecule has 1 atom stereocenters. The Morgan fingerprint density at radius 1 is 1.17 bits per heavy atom. The summed E-state index contributed by atoms with van der Waals surface area (Å²) >= 11 is 0. The van der Waals surface area contributed by atoms with Gasteiger partial charge in [0.25, 0.3) is 11.5 Å². The molecule has 1 amide bonds. The summed E-state index contributed by atoms with van der Waals surface area (Å²) in [5.41, 5.74) is 0.168. The third-order valence-corrected chi connectivity index (χ3v) is 5.00. The maximum absolute atomic E-state index is 12.8. The largest absolute Gasteiger partial charge is 0.379 e. The summed E-state index contributed by atoms with van der Waals surface area (Å²) in [5.74, 6) is -0.0892. The van der Waals surface area contributed by atoms with E-state index in [-0.39, 0.29) is 11.5 Å². The maximum atomic E-state index is 12.8. The van der Waals surface area contributed by atoms with Crippen LogP contribution in [-0.2, 0) is 4.74 Å². The van der Waals surface area contributed by atoms with Gasteiger partial charge in [0, 0.05) is 37.6 Å². The van der Waals surface area contributed by atoms with Crippen molar-refractivity contribution in [3.8, 4) is 0 Å². The lowest BCUT2D eigenvalue weighted by atomic mass is 10.1. The molecule has 1 unspecified atom stereocenters. The van der Waals surface area contributed by atoms with Gasteiger partial charge in [-0.25, -0.2) is 0 Å². The summed E-state index contributed by atoms with van der Waals surface area (Å²) in [6.07, 6.45) is 0.976. The van der Waals surface area contributed by atoms with Gasteiger partial charge in [-0.2, -0.15) is 0 Å². The van der Waals surface area contributed by atoms with Gasteiger partial charge in [-0.15, -0.1) is 0 Å². The van der Waals surface area contributed by atoms with E-state index in [2.05, 4.69) is 9.88 Å². The number of likely N-dealkylation sites (tertiary alicyclic amines) is 1. The van der Waals surface area contributed by atoms with Crippen LogP contribution in [0.2, 0.25) is 0 Å². The predicted octanol–water partition coefficient (Wildman–Crippen LogP) is 1.07. The zero-order chi connectivity index (χ0) is 16.5. The van der Waals surface area contributed by atoms with Crippen LogP contribution in [0.25, 0.3) is 10.8 Å². The van der Waals surface area contributed by atoms with Crippen LogP contribution in [0.5, 0.6) is 0 Å². The van der Waals surface area contributed by atoms with Crippen molar-refractivity contribution in [3.63, 3.8) is 0 Å². The summed E-state index contributed by atoms with van der Waals surface area (Å²) in [6.45, 7) is 4.84. The quantitative estimate of drug-likeness (QED) is 0.896. The number of carbonyl (C=O) groups is 1. The fourth-order valence-electron chi connectivity index (χ4n) is 3.66. The number of H-pyrrole nitrogens is 1. The molecule has 1 N–H and O–H groups in total. The van der Waals surface area contributed by atoms with E-state index in [4.69, 9.17) is 4.74 Å². The number of aromatic nitrogens is 1. The molecule has 0 aliphatic carbocycles. The number of nitrogens with zero attached hydrogens (tertiary/aromatic N) is 2. The summed E-state index contributed by atoms with van der Waals surface area (Å²) in [5, 5.41) is 1.41. The lowest BCUT2D eigenvalue weighted by Crippen LogP contribution is -2.45. The molecule has 24 heavy (non-hydrogen) atoms. The molecule has 1 aromatic heterocycles. The molecule has 2 aromatic rings. The number of ether oxygens (including phenoxy) is 1. The van der Waals surface area contributed by atoms with Crippen molar-refractivity contribution in [1.29, 1.82) is 0 Å². The second-order valence-corrected chi connectivity index (χ2v) is 6.44. The van der Waals surface area contributed by atoms with Crippen molar-refractivity contribution in [2.45, 2.75) is 12.5 Å². The van der Waals surface area contributed by atoms with Crippen LogP contribution < -0.4 is 5.56 Å². The zero-order valence-corrected chi connectivity index (χ0v) is 13.5. The molecule has 6 nitrogen and oxygen atoms in total. The number of pyridine rings is 1. The summed E-state index contributed by atoms with van der Waals surface area (Å²) in [4.78, 5) is 32.0. The van der Waals surface area contributed by atoms with E-state index in [1.165, 1.54) is 0 Å².